The SMILES string of the molecule is C#CC1(CO[Si](C)(C)C(C)(C)C)CC1. The molecule has 0 unspecified atom stereocenters. The molecule has 1 fully saturated rings. The van der Waals surface area contributed by atoms with Gasteiger partial charge in [0.25, 0.3) is 0 Å². The molecule has 0 amide bonds. The Labute approximate surface area is 89.4 Å². The summed E-state index contributed by atoms with van der Waals surface area (Å²) in [6.45, 7) is 12.1. The maximum atomic E-state index is 6.11. The molecule has 0 atom stereocenters. The standard InChI is InChI=1S/C12H22OSi/c1-7-12(8-9-12)10-13-14(5,6)11(2,3)4/h1H,8-10H2,2-6H3. The van der Waals surface area contributed by atoms with Crippen LogP contribution in [0.1, 0.15) is 33.6 Å². The summed E-state index contributed by atoms with van der Waals surface area (Å²) < 4.78 is 6.11. The molecule has 1 aliphatic rings. The largest absolute Gasteiger partial charge is 0.415 e. The van der Waals surface area contributed by atoms with Crippen molar-refractivity contribution in [3.05, 3.63) is 0 Å². The minimum absolute atomic E-state index is 0.107. The summed E-state index contributed by atoms with van der Waals surface area (Å²) in [5.41, 5.74) is 0.107. The van der Waals surface area contributed by atoms with Crippen LogP contribution in [0, 0.1) is 17.8 Å². The first kappa shape index (κ1) is 11.8. The van der Waals surface area contributed by atoms with Crippen molar-refractivity contribution in [2.75, 3.05) is 6.61 Å². The summed E-state index contributed by atoms with van der Waals surface area (Å²) >= 11 is 0. The predicted octanol–water partition coefficient (Wildman–Crippen LogP) is 3.42. The minimum atomic E-state index is -1.59. The van der Waals surface area contributed by atoms with E-state index in [9.17, 15) is 0 Å². The Morgan fingerprint density at radius 3 is 2.14 bits per heavy atom. The van der Waals surface area contributed by atoms with Gasteiger partial charge in [0.15, 0.2) is 8.32 Å². The normalized spacial score (nSPS) is 20.3. The fourth-order valence-electron chi connectivity index (χ4n) is 1.02. The Morgan fingerprint density at radius 2 is 1.86 bits per heavy atom. The van der Waals surface area contributed by atoms with Gasteiger partial charge in [-0.1, -0.05) is 26.7 Å². The molecule has 1 aliphatic carbocycles. The lowest BCUT2D eigenvalue weighted by atomic mass is 10.1. The molecule has 0 saturated heterocycles. The second kappa shape index (κ2) is 3.39. The molecule has 1 saturated carbocycles. The summed E-state index contributed by atoms with van der Waals surface area (Å²) in [6, 6.07) is 0. The van der Waals surface area contributed by atoms with E-state index in [1.807, 2.05) is 0 Å². The molecule has 0 spiro atoms. The Hall–Kier alpha value is -0.263. The summed E-state index contributed by atoms with van der Waals surface area (Å²) in [5.74, 6) is 2.87. The molecule has 0 aromatic rings. The summed E-state index contributed by atoms with van der Waals surface area (Å²) in [6.07, 6.45) is 7.79. The van der Waals surface area contributed by atoms with Gasteiger partial charge in [0, 0.05) is 0 Å². The van der Waals surface area contributed by atoms with E-state index in [1.165, 1.54) is 0 Å². The lowest BCUT2D eigenvalue weighted by molar-refractivity contribution is 0.246. The zero-order chi connectivity index (χ0) is 11.0. The maximum Gasteiger partial charge on any atom is 0.192 e. The van der Waals surface area contributed by atoms with Gasteiger partial charge in [-0.25, -0.2) is 0 Å². The number of hydrogen-bond donors (Lipinski definition) is 0. The van der Waals surface area contributed by atoms with Gasteiger partial charge in [-0.3, -0.25) is 0 Å². The van der Waals surface area contributed by atoms with E-state index in [0.717, 1.165) is 19.4 Å². The Bertz CT molecular complexity index is 250. The van der Waals surface area contributed by atoms with Crippen molar-refractivity contribution in [1.29, 1.82) is 0 Å². The van der Waals surface area contributed by atoms with E-state index in [0.29, 0.717) is 0 Å². The lowest BCUT2D eigenvalue weighted by Crippen LogP contribution is -2.42. The topological polar surface area (TPSA) is 9.23 Å². The molecule has 0 radical (unpaired) electrons. The Morgan fingerprint density at radius 1 is 1.36 bits per heavy atom. The molecule has 1 rings (SSSR count). The zero-order valence-corrected chi connectivity index (χ0v) is 11.1. The number of rotatable bonds is 3. The van der Waals surface area contributed by atoms with Crippen molar-refractivity contribution in [2.45, 2.75) is 51.7 Å². The van der Waals surface area contributed by atoms with Crippen molar-refractivity contribution in [2.24, 2.45) is 5.41 Å². The van der Waals surface area contributed by atoms with Crippen LogP contribution in [-0.4, -0.2) is 14.9 Å². The van der Waals surface area contributed by atoms with Crippen LogP contribution in [0.2, 0.25) is 18.1 Å². The highest BCUT2D eigenvalue weighted by atomic mass is 28.4. The van der Waals surface area contributed by atoms with Crippen molar-refractivity contribution in [3.63, 3.8) is 0 Å². The highest BCUT2D eigenvalue weighted by Gasteiger charge is 2.45. The van der Waals surface area contributed by atoms with Crippen LogP contribution in [0.25, 0.3) is 0 Å². The first-order chi connectivity index (χ1) is 6.22. The van der Waals surface area contributed by atoms with Gasteiger partial charge < -0.3 is 4.43 Å². The average molecular weight is 210 g/mol. The van der Waals surface area contributed by atoms with E-state index in [4.69, 9.17) is 10.8 Å². The third kappa shape index (κ3) is 2.40. The molecular weight excluding hydrogens is 188 g/mol. The highest BCUT2D eigenvalue weighted by molar-refractivity contribution is 6.74. The second-order valence-electron chi connectivity index (χ2n) is 5.97. The molecular formula is C12H22OSi. The van der Waals surface area contributed by atoms with Crippen molar-refractivity contribution >= 4 is 8.32 Å². The third-order valence-electron chi connectivity index (χ3n) is 3.68. The monoisotopic (exact) mass is 210 g/mol. The maximum absolute atomic E-state index is 6.11. The number of hydrogen-bond acceptors (Lipinski definition) is 1. The Balaban J connectivity index is 2.50. The van der Waals surface area contributed by atoms with Crippen LogP contribution in [0.15, 0.2) is 0 Å². The molecule has 14 heavy (non-hydrogen) atoms. The van der Waals surface area contributed by atoms with Crippen LogP contribution in [0.5, 0.6) is 0 Å². The molecule has 0 aromatic carbocycles. The van der Waals surface area contributed by atoms with Crippen molar-refractivity contribution in [1.82, 2.24) is 0 Å². The molecule has 2 heteroatoms. The summed E-state index contributed by atoms with van der Waals surface area (Å²) in [7, 11) is -1.59. The molecule has 0 bridgehead atoms. The van der Waals surface area contributed by atoms with Crippen LogP contribution < -0.4 is 0 Å². The number of terminal acetylenes is 1. The minimum Gasteiger partial charge on any atom is -0.415 e. The van der Waals surface area contributed by atoms with Gasteiger partial charge in [0.1, 0.15) is 0 Å². The zero-order valence-electron chi connectivity index (χ0n) is 10.1. The van der Waals surface area contributed by atoms with Crippen LogP contribution >= 0.6 is 0 Å². The van der Waals surface area contributed by atoms with Gasteiger partial charge >= 0.3 is 0 Å². The molecule has 0 heterocycles. The van der Waals surface area contributed by atoms with Gasteiger partial charge in [-0.15, -0.1) is 6.42 Å². The third-order valence-corrected chi connectivity index (χ3v) is 8.15. The predicted molar refractivity (Wildman–Crippen MR) is 63.6 cm³/mol. The molecule has 1 nitrogen and oxygen atoms in total. The fourth-order valence-corrected chi connectivity index (χ4v) is 2.09. The van der Waals surface area contributed by atoms with Crippen molar-refractivity contribution < 1.29 is 4.43 Å². The van der Waals surface area contributed by atoms with E-state index < -0.39 is 8.32 Å². The van der Waals surface area contributed by atoms with Gasteiger partial charge in [0.05, 0.1) is 12.0 Å². The van der Waals surface area contributed by atoms with E-state index in [2.05, 4.69) is 39.8 Å². The molecule has 80 valence electrons. The average Bonchev–Trinajstić information content (AvgIpc) is 2.80. The van der Waals surface area contributed by atoms with Crippen LogP contribution in [-0.2, 0) is 4.43 Å². The van der Waals surface area contributed by atoms with Crippen LogP contribution in [0.3, 0.4) is 0 Å². The van der Waals surface area contributed by atoms with E-state index >= 15 is 0 Å². The Kier molecular flexibility index (Phi) is 2.86. The quantitative estimate of drug-likeness (QED) is 0.512. The first-order valence-electron chi connectivity index (χ1n) is 5.34. The van der Waals surface area contributed by atoms with Gasteiger partial charge in [0.2, 0.25) is 0 Å². The fraction of sp³-hybridized carbons (Fsp3) is 0.833. The van der Waals surface area contributed by atoms with Crippen molar-refractivity contribution in [3.8, 4) is 12.3 Å². The summed E-state index contributed by atoms with van der Waals surface area (Å²) in [5, 5.41) is 0.289. The van der Waals surface area contributed by atoms with E-state index in [1.54, 1.807) is 0 Å². The smallest absolute Gasteiger partial charge is 0.192 e. The molecule has 0 N–H and O–H groups in total. The summed E-state index contributed by atoms with van der Waals surface area (Å²) in [4.78, 5) is 0. The lowest BCUT2D eigenvalue weighted by Gasteiger charge is -2.36. The first-order valence-corrected chi connectivity index (χ1v) is 8.25. The van der Waals surface area contributed by atoms with E-state index in [-0.39, 0.29) is 10.5 Å². The second-order valence-corrected chi connectivity index (χ2v) is 10.8. The highest BCUT2D eigenvalue weighted by Crippen LogP contribution is 2.47. The van der Waals surface area contributed by atoms with Crippen LogP contribution in [0.4, 0.5) is 0 Å². The van der Waals surface area contributed by atoms with Gasteiger partial charge in [-0.05, 0) is 31.0 Å². The molecule has 0 aliphatic heterocycles. The molecule has 0 aromatic heterocycles. The van der Waals surface area contributed by atoms with Gasteiger partial charge in [-0.2, -0.15) is 0 Å².